The van der Waals surface area contributed by atoms with Crippen molar-refractivity contribution in [1.82, 2.24) is 14.5 Å². The minimum absolute atomic E-state index is 0.0705. The Balaban J connectivity index is 1.78. The summed E-state index contributed by atoms with van der Waals surface area (Å²) in [6.07, 6.45) is 3.71. The highest BCUT2D eigenvalue weighted by Crippen LogP contribution is 2.14. The summed E-state index contributed by atoms with van der Waals surface area (Å²) in [4.78, 5) is 19.2. The fraction of sp³-hybridized carbons (Fsp3) is 0.273. The first kappa shape index (κ1) is 20.1. The predicted octanol–water partition coefficient (Wildman–Crippen LogP) is 4.18. The number of rotatable bonds is 8. The number of benzene rings is 2. The molecule has 5 nitrogen and oxygen atoms in total. The molecule has 0 saturated heterocycles. The molecular weight excluding hydrogens is 374 g/mol. The summed E-state index contributed by atoms with van der Waals surface area (Å²) in [5, 5.41) is 0.605. The van der Waals surface area contributed by atoms with Crippen molar-refractivity contribution in [2.75, 3.05) is 20.3 Å². The number of imidazole rings is 1. The van der Waals surface area contributed by atoms with Crippen LogP contribution in [-0.4, -0.2) is 40.6 Å². The molecule has 28 heavy (non-hydrogen) atoms. The SMILES string of the molecule is COCCN(Cc1nccn1Cc1cccc(C)c1)C(=O)c1ccc(Cl)cc1. The van der Waals surface area contributed by atoms with Gasteiger partial charge in [-0.05, 0) is 36.8 Å². The molecule has 0 atom stereocenters. The Labute approximate surface area is 170 Å². The number of carbonyl (C=O) groups is 1. The number of ether oxygens (including phenoxy) is 1. The molecule has 1 aromatic heterocycles. The van der Waals surface area contributed by atoms with Gasteiger partial charge in [0.15, 0.2) is 0 Å². The number of halogens is 1. The van der Waals surface area contributed by atoms with Gasteiger partial charge in [-0.3, -0.25) is 4.79 Å². The molecule has 0 N–H and O–H groups in total. The Morgan fingerprint density at radius 3 is 2.71 bits per heavy atom. The van der Waals surface area contributed by atoms with E-state index in [0.29, 0.717) is 36.8 Å². The second-order valence-corrected chi connectivity index (χ2v) is 7.12. The Kier molecular flexibility index (Phi) is 6.85. The molecule has 3 aromatic rings. The summed E-state index contributed by atoms with van der Waals surface area (Å²) in [5.74, 6) is 0.763. The van der Waals surface area contributed by atoms with Crippen LogP contribution in [-0.2, 0) is 17.8 Å². The average Bonchev–Trinajstić information content (AvgIpc) is 3.12. The number of nitrogens with zero attached hydrogens (tertiary/aromatic N) is 3. The van der Waals surface area contributed by atoms with Crippen molar-refractivity contribution in [2.45, 2.75) is 20.0 Å². The first-order chi connectivity index (χ1) is 13.6. The Morgan fingerprint density at radius 2 is 2.00 bits per heavy atom. The molecule has 6 heteroatoms. The van der Waals surface area contributed by atoms with Gasteiger partial charge in [0, 0.05) is 43.2 Å². The second-order valence-electron chi connectivity index (χ2n) is 6.69. The van der Waals surface area contributed by atoms with Gasteiger partial charge in [0.25, 0.3) is 5.91 Å². The lowest BCUT2D eigenvalue weighted by atomic mass is 10.1. The van der Waals surface area contributed by atoms with Crippen LogP contribution >= 0.6 is 11.6 Å². The van der Waals surface area contributed by atoms with Crippen LogP contribution < -0.4 is 0 Å². The zero-order valence-corrected chi connectivity index (χ0v) is 16.9. The van der Waals surface area contributed by atoms with E-state index in [-0.39, 0.29) is 5.91 Å². The number of amides is 1. The molecule has 0 spiro atoms. The molecular formula is C22H24ClN3O2. The molecule has 0 radical (unpaired) electrons. The first-order valence-electron chi connectivity index (χ1n) is 9.16. The molecule has 0 aliphatic carbocycles. The van der Waals surface area contributed by atoms with E-state index in [4.69, 9.17) is 16.3 Å². The maximum absolute atomic E-state index is 13.0. The van der Waals surface area contributed by atoms with E-state index in [1.165, 1.54) is 11.1 Å². The zero-order chi connectivity index (χ0) is 19.9. The van der Waals surface area contributed by atoms with Crippen molar-refractivity contribution in [3.63, 3.8) is 0 Å². The van der Waals surface area contributed by atoms with Crippen LogP contribution in [0.2, 0.25) is 5.02 Å². The molecule has 0 aliphatic rings. The Hall–Kier alpha value is -2.63. The van der Waals surface area contributed by atoms with Crippen molar-refractivity contribution >= 4 is 17.5 Å². The standard InChI is InChI=1S/C22H24ClN3O2/c1-17-4-3-5-18(14-17)15-25-11-10-24-21(25)16-26(12-13-28-2)22(27)19-6-8-20(23)9-7-19/h3-11,14H,12-13,15-16H2,1-2H3. The summed E-state index contributed by atoms with van der Waals surface area (Å²) in [7, 11) is 1.63. The number of methoxy groups -OCH3 is 1. The zero-order valence-electron chi connectivity index (χ0n) is 16.1. The average molecular weight is 398 g/mol. The van der Waals surface area contributed by atoms with Crippen LogP contribution in [0.5, 0.6) is 0 Å². The van der Waals surface area contributed by atoms with Gasteiger partial charge in [-0.1, -0.05) is 41.4 Å². The van der Waals surface area contributed by atoms with Crippen molar-refractivity contribution in [3.05, 3.63) is 88.5 Å². The topological polar surface area (TPSA) is 47.4 Å². The lowest BCUT2D eigenvalue weighted by Gasteiger charge is -2.23. The largest absolute Gasteiger partial charge is 0.383 e. The normalized spacial score (nSPS) is 10.8. The molecule has 2 aromatic carbocycles. The van der Waals surface area contributed by atoms with Gasteiger partial charge >= 0.3 is 0 Å². The van der Waals surface area contributed by atoms with Crippen LogP contribution in [0, 0.1) is 6.92 Å². The van der Waals surface area contributed by atoms with Crippen LogP contribution in [0.3, 0.4) is 0 Å². The fourth-order valence-electron chi connectivity index (χ4n) is 3.04. The summed E-state index contributed by atoms with van der Waals surface area (Å²) >= 11 is 5.95. The maximum Gasteiger partial charge on any atom is 0.254 e. The molecule has 0 fully saturated rings. The van der Waals surface area contributed by atoms with Gasteiger partial charge in [0.1, 0.15) is 5.82 Å². The van der Waals surface area contributed by atoms with Gasteiger partial charge in [0.05, 0.1) is 13.2 Å². The monoisotopic (exact) mass is 397 g/mol. The summed E-state index contributed by atoms with van der Waals surface area (Å²) in [6.45, 7) is 4.14. The van der Waals surface area contributed by atoms with E-state index in [1.807, 2.05) is 6.20 Å². The summed E-state index contributed by atoms with van der Waals surface area (Å²) in [5.41, 5.74) is 3.02. The van der Waals surface area contributed by atoms with E-state index in [9.17, 15) is 4.79 Å². The van der Waals surface area contributed by atoms with E-state index in [2.05, 4.69) is 40.7 Å². The van der Waals surface area contributed by atoms with Gasteiger partial charge in [-0.15, -0.1) is 0 Å². The lowest BCUT2D eigenvalue weighted by molar-refractivity contribution is 0.0673. The van der Waals surface area contributed by atoms with Crippen molar-refractivity contribution < 1.29 is 9.53 Å². The molecule has 1 amide bonds. The third-order valence-electron chi connectivity index (χ3n) is 4.51. The minimum Gasteiger partial charge on any atom is -0.383 e. The molecule has 0 unspecified atom stereocenters. The fourth-order valence-corrected chi connectivity index (χ4v) is 3.17. The maximum atomic E-state index is 13.0. The van der Waals surface area contributed by atoms with E-state index in [0.717, 1.165) is 5.82 Å². The first-order valence-corrected chi connectivity index (χ1v) is 9.54. The number of aromatic nitrogens is 2. The van der Waals surface area contributed by atoms with Crippen molar-refractivity contribution in [1.29, 1.82) is 0 Å². The van der Waals surface area contributed by atoms with Gasteiger partial charge in [0.2, 0.25) is 0 Å². The molecule has 3 rings (SSSR count). The Morgan fingerprint density at radius 1 is 1.21 bits per heavy atom. The van der Waals surface area contributed by atoms with Crippen molar-refractivity contribution in [2.24, 2.45) is 0 Å². The number of hydrogen-bond acceptors (Lipinski definition) is 3. The third kappa shape index (κ3) is 5.21. The summed E-state index contributed by atoms with van der Waals surface area (Å²) in [6, 6.07) is 15.3. The second kappa shape index (κ2) is 9.53. The minimum atomic E-state index is -0.0705. The quantitative estimate of drug-likeness (QED) is 0.572. The number of carbonyl (C=O) groups excluding carboxylic acids is 1. The molecule has 0 aliphatic heterocycles. The van der Waals surface area contributed by atoms with E-state index >= 15 is 0 Å². The molecule has 0 bridgehead atoms. The lowest BCUT2D eigenvalue weighted by Crippen LogP contribution is -2.34. The van der Waals surface area contributed by atoms with Crippen LogP contribution in [0.15, 0.2) is 60.9 Å². The number of aryl methyl sites for hydroxylation is 1. The smallest absolute Gasteiger partial charge is 0.254 e. The highest BCUT2D eigenvalue weighted by molar-refractivity contribution is 6.30. The molecule has 0 saturated carbocycles. The van der Waals surface area contributed by atoms with E-state index < -0.39 is 0 Å². The van der Waals surface area contributed by atoms with Gasteiger partial charge in [-0.2, -0.15) is 0 Å². The van der Waals surface area contributed by atoms with Gasteiger partial charge in [-0.25, -0.2) is 4.98 Å². The number of hydrogen-bond donors (Lipinski definition) is 0. The summed E-state index contributed by atoms with van der Waals surface area (Å²) < 4.78 is 7.27. The van der Waals surface area contributed by atoms with Crippen molar-refractivity contribution in [3.8, 4) is 0 Å². The Bertz CT molecular complexity index is 922. The molecule has 1 heterocycles. The van der Waals surface area contributed by atoms with Crippen LogP contribution in [0.4, 0.5) is 0 Å². The van der Waals surface area contributed by atoms with Crippen LogP contribution in [0.1, 0.15) is 27.3 Å². The van der Waals surface area contributed by atoms with Crippen LogP contribution in [0.25, 0.3) is 0 Å². The van der Waals surface area contributed by atoms with E-state index in [1.54, 1.807) is 42.5 Å². The highest BCUT2D eigenvalue weighted by atomic mass is 35.5. The predicted molar refractivity (Wildman–Crippen MR) is 111 cm³/mol. The third-order valence-corrected chi connectivity index (χ3v) is 4.77. The van der Waals surface area contributed by atoms with Gasteiger partial charge < -0.3 is 14.2 Å². The highest BCUT2D eigenvalue weighted by Gasteiger charge is 2.18. The molecule has 146 valence electrons.